The summed E-state index contributed by atoms with van der Waals surface area (Å²) in [7, 11) is 0. The van der Waals surface area contributed by atoms with Gasteiger partial charge in [0.25, 0.3) is 11.8 Å². The number of carbonyl (C=O) groups is 4. The SMILES string of the molecule is CC(C)N(CC1CCN(c2cnc(C(N)=O)cn2)CC1)C1CC(Oc2ccc(C(=O)NC3CCC(=O)NC3=O)nc2)C1. The number of pyridine rings is 1. The number of amides is 4. The number of rotatable bonds is 10. The first-order valence-electron chi connectivity index (χ1n) is 14.6. The van der Waals surface area contributed by atoms with Gasteiger partial charge >= 0.3 is 0 Å². The number of aromatic nitrogens is 3. The molecule has 4 heterocycles. The van der Waals surface area contributed by atoms with Crippen LogP contribution in [0.1, 0.15) is 73.3 Å². The molecule has 3 fully saturated rings. The minimum absolute atomic E-state index is 0.0880. The van der Waals surface area contributed by atoms with Crippen molar-refractivity contribution in [2.45, 2.75) is 76.6 Å². The fraction of sp³-hybridized carbons (Fsp3) is 0.552. The van der Waals surface area contributed by atoms with Gasteiger partial charge in [-0.25, -0.2) is 15.0 Å². The third-order valence-electron chi connectivity index (χ3n) is 8.32. The van der Waals surface area contributed by atoms with Crippen molar-refractivity contribution in [2.24, 2.45) is 11.7 Å². The number of primary amides is 1. The smallest absolute Gasteiger partial charge is 0.270 e. The van der Waals surface area contributed by atoms with E-state index in [1.807, 2.05) is 0 Å². The molecule has 0 aromatic carbocycles. The van der Waals surface area contributed by atoms with Gasteiger partial charge in [-0.1, -0.05) is 0 Å². The molecule has 0 bridgehead atoms. The van der Waals surface area contributed by atoms with Crippen LogP contribution in [0.3, 0.4) is 0 Å². The molecular formula is C29H38N8O5. The topological polar surface area (TPSA) is 173 Å². The second-order valence-corrected chi connectivity index (χ2v) is 11.6. The Morgan fingerprint density at radius 2 is 1.81 bits per heavy atom. The highest BCUT2D eigenvalue weighted by Crippen LogP contribution is 2.33. The Labute approximate surface area is 244 Å². The molecule has 4 amide bonds. The molecule has 13 heteroatoms. The Morgan fingerprint density at radius 3 is 2.40 bits per heavy atom. The maximum absolute atomic E-state index is 12.5. The lowest BCUT2D eigenvalue weighted by molar-refractivity contribution is -0.134. The van der Waals surface area contributed by atoms with Crippen LogP contribution in [0.4, 0.5) is 5.82 Å². The van der Waals surface area contributed by atoms with E-state index in [9.17, 15) is 19.2 Å². The van der Waals surface area contributed by atoms with Crippen LogP contribution in [0.15, 0.2) is 30.7 Å². The van der Waals surface area contributed by atoms with Crippen LogP contribution in [-0.4, -0.2) is 87.3 Å². The van der Waals surface area contributed by atoms with Crippen LogP contribution in [0, 0.1) is 5.92 Å². The highest BCUT2D eigenvalue weighted by atomic mass is 16.5. The van der Waals surface area contributed by atoms with Crippen LogP contribution < -0.4 is 26.0 Å². The molecule has 1 unspecified atom stereocenters. The van der Waals surface area contributed by atoms with Gasteiger partial charge in [0.2, 0.25) is 11.8 Å². The van der Waals surface area contributed by atoms with Crippen molar-refractivity contribution >= 4 is 29.4 Å². The first-order valence-corrected chi connectivity index (χ1v) is 14.6. The predicted octanol–water partition coefficient (Wildman–Crippen LogP) is 1.04. The Bertz CT molecular complexity index is 1290. The molecule has 3 aliphatic rings. The van der Waals surface area contributed by atoms with E-state index in [1.165, 1.54) is 12.4 Å². The Morgan fingerprint density at radius 1 is 1.07 bits per heavy atom. The Kier molecular flexibility index (Phi) is 8.95. The average molecular weight is 579 g/mol. The third-order valence-corrected chi connectivity index (χ3v) is 8.32. The second kappa shape index (κ2) is 12.8. The zero-order valence-corrected chi connectivity index (χ0v) is 24.0. The molecule has 2 aromatic heterocycles. The van der Waals surface area contributed by atoms with Crippen molar-refractivity contribution in [2.75, 3.05) is 24.5 Å². The number of nitrogens with one attached hydrogen (secondary N) is 2. The van der Waals surface area contributed by atoms with Gasteiger partial charge in [-0.3, -0.25) is 29.4 Å². The summed E-state index contributed by atoms with van der Waals surface area (Å²) in [4.78, 5) is 64.4. The van der Waals surface area contributed by atoms with Crippen LogP contribution in [0.2, 0.25) is 0 Å². The molecule has 13 nitrogen and oxygen atoms in total. The summed E-state index contributed by atoms with van der Waals surface area (Å²) in [6.45, 7) is 7.30. The van der Waals surface area contributed by atoms with Gasteiger partial charge in [-0.2, -0.15) is 0 Å². The lowest BCUT2D eigenvalue weighted by atomic mass is 9.85. The summed E-state index contributed by atoms with van der Waals surface area (Å²) >= 11 is 0. The molecule has 42 heavy (non-hydrogen) atoms. The molecule has 0 radical (unpaired) electrons. The number of hydrogen-bond acceptors (Lipinski definition) is 10. The number of piperidine rings is 2. The summed E-state index contributed by atoms with van der Waals surface area (Å²) in [6.07, 6.45) is 9.12. The largest absolute Gasteiger partial charge is 0.489 e. The van der Waals surface area contributed by atoms with Crippen LogP contribution >= 0.6 is 0 Å². The van der Waals surface area contributed by atoms with Gasteiger partial charge in [0, 0.05) is 51.0 Å². The number of hydrogen-bond donors (Lipinski definition) is 3. The van der Waals surface area contributed by atoms with Gasteiger partial charge in [0.05, 0.1) is 18.6 Å². The molecule has 0 spiro atoms. The molecule has 2 aliphatic heterocycles. The van der Waals surface area contributed by atoms with E-state index in [2.05, 4.69) is 49.2 Å². The number of nitrogens with zero attached hydrogens (tertiary/aromatic N) is 5. The quantitative estimate of drug-likeness (QED) is 0.346. The predicted molar refractivity (Wildman–Crippen MR) is 153 cm³/mol. The lowest BCUT2D eigenvalue weighted by Crippen LogP contribution is -2.53. The van der Waals surface area contributed by atoms with E-state index in [0.29, 0.717) is 23.8 Å². The minimum Gasteiger partial charge on any atom is -0.489 e. The zero-order valence-electron chi connectivity index (χ0n) is 24.0. The van der Waals surface area contributed by atoms with E-state index in [1.54, 1.807) is 18.3 Å². The highest BCUT2D eigenvalue weighted by molar-refractivity contribution is 6.03. The van der Waals surface area contributed by atoms with Crippen molar-refractivity contribution < 1.29 is 23.9 Å². The van der Waals surface area contributed by atoms with Crippen molar-refractivity contribution in [3.63, 3.8) is 0 Å². The van der Waals surface area contributed by atoms with Gasteiger partial charge in [-0.15, -0.1) is 0 Å². The van der Waals surface area contributed by atoms with E-state index < -0.39 is 23.8 Å². The number of ether oxygens (including phenoxy) is 1. The van der Waals surface area contributed by atoms with E-state index in [4.69, 9.17) is 10.5 Å². The first kappa shape index (κ1) is 29.4. The zero-order chi connectivity index (χ0) is 29.8. The Hall–Kier alpha value is -4.13. The fourth-order valence-electron chi connectivity index (χ4n) is 5.78. The molecular weight excluding hydrogens is 540 g/mol. The van der Waals surface area contributed by atoms with Crippen molar-refractivity contribution in [3.8, 4) is 5.75 Å². The fourth-order valence-corrected chi connectivity index (χ4v) is 5.78. The van der Waals surface area contributed by atoms with Gasteiger partial charge in [0.15, 0.2) is 0 Å². The number of nitrogens with two attached hydrogens (primary N) is 1. The summed E-state index contributed by atoms with van der Waals surface area (Å²) in [5.74, 6) is 0.0954. The Balaban J connectivity index is 1.05. The molecule has 4 N–H and O–H groups in total. The summed E-state index contributed by atoms with van der Waals surface area (Å²) in [5.41, 5.74) is 5.62. The van der Waals surface area contributed by atoms with Gasteiger partial charge < -0.3 is 20.7 Å². The molecule has 1 saturated carbocycles. The number of anilines is 1. The van der Waals surface area contributed by atoms with Gasteiger partial charge in [0.1, 0.15) is 35.1 Å². The van der Waals surface area contributed by atoms with Crippen LogP contribution in [0.5, 0.6) is 5.75 Å². The number of imide groups is 1. The normalized spacial score (nSPS) is 23.0. The van der Waals surface area contributed by atoms with Crippen molar-refractivity contribution in [1.29, 1.82) is 0 Å². The standard InChI is InChI=1S/C29H38N8O5/c1-17(2)37(16-18-7-9-36(10-8-18)25-15-32-24(14-33-25)27(30)39)19-11-21(12-19)42-20-3-4-22(31-13-20)28(40)34-23-5-6-26(38)35-29(23)41/h3-4,13-15,17-19,21,23H,5-12,16H2,1-2H3,(H2,30,39)(H,34,40)(H,35,38,41). The van der Waals surface area contributed by atoms with Crippen LogP contribution in [-0.2, 0) is 9.59 Å². The highest BCUT2D eigenvalue weighted by Gasteiger charge is 2.38. The average Bonchev–Trinajstić information content (AvgIpc) is 2.96. The monoisotopic (exact) mass is 578 g/mol. The maximum Gasteiger partial charge on any atom is 0.270 e. The van der Waals surface area contributed by atoms with Crippen molar-refractivity contribution in [3.05, 3.63) is 42.1 Å². The summed E-state index contributed by atoms with van der Waals surface area (Å²) in [5, 5.41) is 4.86. The minimum atomic E-state index is -0.743. The second-order valence-electron chi connectivity index (χ2n) is 11.6. The maximum atomic E-state index is 12.5. The molecule has 2 aromatic rings. The summed E-state index contributed by atoms with van der Waals surface area (Å²) in [6, 6.07) is 3.43. The summed E-state index contributed by atoms with van der Waals surface area (Å²) < 4.78 is 6.13. The van der Waals surface area contributed by atoms with Crippen molar-refractivity contribution in [1.82, 2.24) is 30.5 Å². The first-order chi connectivity index (χ1) is 20.2. The lowest BCUT2D eigenvalue weighted by Gasteiger charge is -2.46. The van der Waals surface area contributed by atoms with E-state index in [0.717, 1.165) is 51.1 Å². The van der Waals surface area contributed by atoms with E-state index in [-0.39, 0.29) is 36.2 Å². The molecule has 224 valence electrons. The van der Waals surface area contributed by atoms with E-state index >= 15 is 0 Å². The molecule has 2 saturated heterocycles. The van der Waals surface area contributed by atoms with Gasteiger partial charge in [-0.05, 0) is 51.2 Å². The van der Waals surface area contributed by atoms with Crippen LogP contribution in [0.25, 0.3) is 0 Å². The third kappa shape index (κ3) is 7.01. The molecule has 1 aliphatic carbocycles. The molecule has 5 rings (SSSR count). The molecule has 1 atom stereocenters. The number of carbonyl (C=O) groups excluding carboxylic acids is 4.